The number of rotatable bonds is 7. The lowest BCUT2D eigenvalue weighted by atomic mass is 10.2. The number of carbonyl (C=O) groups excluding carboxylic acids is 2. The Morgan fingerprint density at radius 3 is 2.38 bits per heavy atom. The predicted octanol–water partition coefficient (Wildman–Crippen LogP) is 1.92. The molecule has 0 fully saturated rings. The van der Waals surface area contributed by atoms with Crippen molar-refractivity contribution in [3.05, 3.63) is 60.2 Å². The number of carbonyl (C=O) groups is 2. The first-order valence-electron chi connectivity index (χ1n) is 7.31. The van der Waals surface area contributed by atoms with Gasteiger partial charge in [-0.3, -0.25) is 9.59 Å². The zero-order valence-corrected chi connectivity index (χ0v) is 13.9. The smallest absolute Gasteiger partial charge is 0.274 e. The fraction of sp³-hybridized carbons (Fsp3) is 0.176. The Morgan fingerprint density at radius 1 is 1.04 bits per heavy atom. The van der Waals surface area contributed by atoms with E-state index in [1.54, 1.807) is 12.1 Å². The quantitative estimate of drug-likeness (QED) is 0.261. The van der Waals surface area contributed by atoms with Gasteiger partial charge in [-0.25, -0.2) is 10.9 Å². The second-order valence-electron chi connectivity index (χ2n) is 4.91. The molecule has 0 bridgehead atoms. The second kappa shape index (κ2) is 8.95. The van der Waals surface area contributed by atoms with Crippen LogP contribution in [-0.2, 0) is 4.79 Å². The number of thioether (sulfide) groups is 1. The average molecular weight is 345 g/mol. The van der Waals surface area contributed by atoms with Crippen molar-refractivity contribution in [2.24, 2.45) is 5.84 Å². The molecule has 0 spiro atoms. The number of amides is 2. The third-order valence-electron chi connectivity index (χ3n) is 3.11. The molecule has 0 aromatic heterocycles. The van der Waals surface area contributed by atoms with Gasteiger partial charge in [0, 0.05) is 17.0 Å². The molecule has 0 atom stereocenters. The van der Waals surface area contributed by atoms with Crippen LogP contribution in [0, 0.1) is 0 Å². The number of ether oxygens (including phenoxy) is 1. The fourth-order valence-corrected chi connectivity index (χ4v) is 2.50. The van der Waals surface area contributed by atoms with Gasteiger partial charge in [-0.15, -0.1) is 11.8 Å². The third kappa shape index (κ3) is 5.29. The monoisotopic (exact) mass is 345 g/mol. The molecule has 0 aliphatic rings. The fourth-order valence-electron chi connectivity index (χ4n) is 1.84. The van der Waals surface area contributed by atoms with Crippen LogP contribution in [0.3, 0.4) is 0 Å². The van der Waals surface area contributed by atoms with Gasteiger partial charge in [0.25, 0.3) is 11.8 Å². The molecule has 0 aliphatic heterocycles. The van der Waals surface area contributed by atoms with Gasteiger partial charge in [0.2, 0.25) is 0 Å². The molecular formula is C17H19N3O3S. The molecule has 2 aromatic rings. The highest BCUT2D eigenvalue weighted by molar-refractivity contribution is 7.99. The van der Waals surface area contributed by atoms with Gasteiger partial charge in [-0.2, -0.15) is 0 Å². The standard InChI is InChI=1S/C17H19N3O3S/c18-14-8-6-13(7-9-14)17(22)20(19)16(21)12-24-11-10-23-15-4-2-1-3-5-15/h1-9H,10-12,18-19H2. The van der Waals surface area contributed by atoms with Crippen LogP contribution in [0.4, 0.5) is 5.69 Å². The number of nitrogens with two attached hydrogens (primary N) is 2. The zero-order chi connectivity index (χ0) is 17.4. The minimum absolute atomic E-state index is 0.107. The lowest BCUT2D eigenvalue weighted by molar-refractivity contribution is -0.126. The highest BCUT2D eigenvalue weighted by Gasteiger charge is 2.19. The Balaban J connectivity index is 1.71. The van der Waals surface area contributed by atoms with E-state index in [0.717, 1.165) is 5.75 Å². The lowest BCUT2D eigenvalue weighted by Gasteiger charge is -2.14. The van der Waals surface area contributed by atoms with E-state index in [2.05, 4.69) is 0 Å². The van der Waals surface area contributed by atoms with E-state index in [4.69, 9.17) is 16.3 Å². The zero-order valence-electron chi connectivity index (χ0n) is 13.1. The Kier molecular flexibility index (Phi) is 6.65. The third-order valence-corrected chi connectivity index (χ3v) is 4.02. The van der Waals surface area contributed by atoms with Crippen molar-refractivity contribution in [2.75, 3.05) is 23.8 Å². The van der Waals surface area contributed by atoms with E-state index in [1.807, 2.05) is 30.3 Å². The molecule has 2 amide bonds. The maximum atomic E-state index is 12.1. The molecule has 126 valence electrons. The highest BCUT2D eigenvalue weighted by Crippen LogP contribution is 2.11. The first-order chi connectivity index (χ1) is 11.6. The first-order valence-corrected chi connectivity index (χ1v) is 8.46. The van der Waals surface area contributed by atoms with Crippen LogP contribution >= 0.6 is 11.8 Å². The molecular weight excluding hydrogens is 326 g/mol. The molecule has 0 saturated heterocycles. The van der Waals surface area contributed by atoms with Gasteiger partial charge >= 0.3 is 0 Å². The molecule has 2 rings (SSSR count). The number of para-hydroxylation sites is 1. The van der Waals surface area contributed by atoms with Gasteiger partial charge in [0.1, 0.15) is 5.75 Å². The predicted molar refractivity (Wildman–Crippen MR) is 95.5 cm³/mol. The van der Waals surface area contributed by atoms with Crippen molar-refractivity contribution in [3.63, 3.8) is 0 Å². The lowest BCUT2D eigenvalue weighted by Crippen LogP contribution is -2.43. The average Bonchev–Trinajstić information content (AvgIpc) is 2.61. The van der Waals surface area contributed by atoms with E-state index in [0.29, 0.717) is 28.6 Å². The largest absolute Gasteiger partial charge is 0.493 e. The Hall–Kier alpha value is -2.51. The van der Waals surface area contributed by atoms with E-state index in [1.165, 1.54) is 23.9 Å². The first kappa shape index (κ1) is 17.8. The minimum atomic E-state index is -0.555. The van der Waals surface area contributed by atoms with Crippen LogP contribution < -0.4 is 16.3 Å². The van der Waals surface area contributed by atoms with Gasteiger partial charge in [0.15, 0.2) is 0 Å². The second-order valence-corrected chi connectivity index (χ2v) is 6.01. The number of imide groups is 1. The molecule has 0 saturated carbocycles. The van der Waals surface area contributed by atoms with Gasteiger partial charge in [0.05, 0.1) is 12.4 Å². The summed E-state index contributed by atoms with van der Waals surface area (Å²) in [5, 5.41) is 0.635. The summed E-state index contributed by atoms with van der Waals surface area (Å²) < 4.78 is 5.52. The van der Waals surface area contributed by atoms with E-state index in [9.17, 15) is 9.59 Å². The summed E-state index contributed by atoms with van der Waals surface area (Å²) in [5.74, 6) is 6.09. The SMILES string of the molecule is Nc1ccc(C(=O)N(N)C(=O)CSCCOc2ccccc2)cc1. The molecule has 4 N–H and O–H groups in total. The van der Waals surface area contributed by atoms with Crippen molar-refractivity contribution in [1.29, 1.82) is 0 Å². The van der Waals surface area contributed by atoms with E-state index >= 15 is 0 Å². The van der Waals surface area contributed by atoms with Crippen LogP contribution in [0.15, 0.2) is 54.6 Å². The summed E-state index contributed by atoms with van der Waals surface area (Å²) >= 11 is 1.36. The Bertz CT molecular complexity index is 677. The molecule has 0 unspecified atom stereocenters. The Labute approximate surface area is 144 Å². The molecule has 24 heavy (non-hydrogen) atoms. The van der Waals surface area contributed by atoms with Crippen LogP contribution in [-0.4, -0.2) is 34.9 Å². The summed E-state index contributed by atoms with van der Waals surface area (Å²) in [7, 11) is 0. The maximum Gasteiger partial charge on any atom is 0.274 e. The number of hydrogen-bond donors (Lipinski definition) is 2. The van der Waals surface area contributed by atoms with Crippen LogP contribution in [0.2, 0.25) is 0 Å². The number of nitrogen functional groups attached to an aromatic ring is 1. The molecule has 0 aliphatic carbocycles. The van der Waals surface area contributed by atoms with Crippen molar-refractivity contribution in [2.45, 2.75) is 0 Å². The van der Waals surface area contributed by atoms with Crippen LogP contribution in [0.25, 0.3) is 0 Å². The normalized spacial score (nSPS) is 10.2. The summed E-state index contributed by atoms with van der Waals surface area (Å²) in [6.45, 7) is 0.471. The molecule has 0 heterocycles. The highest BCUT2D eigenvalue weighted by atomic mass is 32.2. The summed E-state index contributed by atoms with van der Waals surface area (Å²) in [6.07, 6.45) is 0. The van der Waals surface area contributed by atoms with Gasteiger partial charge in [-0.1, -0.05) is 18.2 Å². The van der Waals surface area contributed by atoms with Crippen molar-refractivity contribution in [1.82, 2.24) is 5.01 Å². The van der Waals surface area contributed by atoms with E-state index < -0.39 is 11.8 Å². The molecule has 2 aromatic carbocycles. The summed E-state index contributed by atoms with van der Waals surface area (Å²) in [6, 6.07) is 15.7. The summed E-state index contributed by atoms with van der Waals surface area (Å²) in [4.78, 5) is 24.0. The number of hydrazine groups is 1. The number of nitrogens with zero attached hydrogens (tertiary/aromatic N) is 1. The van der Waals surface area contributed by atoms with Crippen molar-refractivity contribution >= 4 is 29.3 Å². The topological polar surface area (TPSA) is 98.7 Å². The molecule has 0 radical (unpaired) electrons. The van der Waals surface area contributed by atoms with Crippen molar-refractivity contribution in [3.8, 4) is 5.75 Å². The van der Waals surface area contributed by atoms with Gasteiger partial charge in [-0.05, 0) is 36.4 Å². The molecule has 7 heteroatoms. The maximum absolute atomic E-state index is 12.1. The van der Waals surface area contributed by atoms with Crippen LogP contribution in [0.1, 0.15) is 10.4 Å². The van der Waals surface area contributed by atoms with E-state index in [-0.39, 0.29) is 5.75 Å². The Morgan fingerprint density at radius 2 is 1.71 bits per heavy atom. The molecule has 6 nitrogen and oxygen atoms in total. The summed E-state index contributed by atoms with van der Waals surface area (Å²) in [5.41, 5.74) is 6.42. The number of anilines is 1. The number of hydrogen-bond acceptors (Lipinski definition) is 6. The van der Waals surface area contributed by atoms with Crippen LogP contribution in [0.5, 0.6) is 5.75 Å². The minimum Gasteiger partial charge on any atom is -0.493 e. The van der Waals surface area contributed by atoms with Gasteiger partial charge < -0.3 is 10.5 Å². The van der Waals surface area contributed by atoms with Crippen molar-refractivity contribution < 1.29 is 14.3 Å². The number of benzene rings is 2.